The van der Waals surface area contributed by atoms with Crippen molar-refractivity contribution in [2.45, 2.75) is 33.1 Å². The Labute approximate surface area is 302 Å². The molecule has 0 radical (unpaired) electrons. The zero-order chi connectivity index (χ0) is 35.5. The first-order valence-electron chi connectivity index (χ1n) is 17.6. The van der Waals surface area contributed by atoms with E-state index in [9.17, 15) is 5.26 Å². The SMILES string of the molecule is C=C(/C=C\c1cc/c(=C/C=C(\C)c2ccc3c(c2)-c2c(-c4ccc(-c5cccc(C#N)c5)cc4)cccc2C3CC)c(=C)c1C)c1ccccc1. The molecule has 0 heterocycles. The molecule has 0 N–H and O–H groups in total. The van der Waals surface area contributed by atoms with Gasteiger partial charge in [-0.2, -0.15) is 5.26 Å². The molecule has 1 nitrogen and oxygen atoms in total. The fourth-order valence-corrected chi connectivity index (χ4v) is 7.32. The monoisotopic (exact) mass is 655 g/mol. The molecular weight excluding hydrogens is 615 g/mol. The van der Waals surface area contributed by atoms with Crippen molar-refractivity contribution >= 4 is 29.9 Å². The average Bonchev–Trinajstić information content (AvgIpc) is 3.51. The van der Waals surface area contributed by atoms with Gasteiger partial charge < -0.3 is 0 Å². The van der Waals surface area contributed by atoms with E-state index in [2.05, 4.69) is 155 Å². The van der Waals surface area contributed by atoms with Crippen LogP contribution in [0.25, 0.3) is 63.3 Å². The topological polar surface area (TPSA) is 23.8 Å². The molecule has 51 heavy (non-hydrogen) atoms. The van der Waals surface area contributed by atoms with Gasteiger partial charge in [-0.25, -0.2) is 0 Å². The molecule has 0 aliphatic heterocycles. The summed E-state index contributed by atoms with van der Waals surface area (Å²) < 4.78 is 0. The molecule has 0 bridgehead atoms. The Morgan fingerprint density at radius 1 is 0.745 bits per heavy atom. The van der Waals surface area contributed by atoms with Gasteiger partial charge in [-0.05, 0) is 127 Å². The second-order valence-electron chi connectivity index (χ2n) is 13.4. The first kappa shape index (κ1) is 33.3. The van der Waals surface area contributed by atoms with Crippen molar-refractivity contribution in [3.8, 4) is 39.4 Å². The lowest BCUT2D eigenvalue weighted by molar-refractivity contribution is 0.797. The average molecular weight is 656 g/mol. The molecule has 0 spiro atoms. The van der Waals surface area contributed by atoms with Crippen LogP contribution in [0.3, 0.4) is 0 Å². The van der Waals surface area contributed by atoms with Crippen LogP contribution in [0.1, 0.15) is 65.1 Å². The molecule has 0 saturated heterocycles. The van der Waals surface area contributed by atoms with Crippen molar-refractivity contribution in [1.82, 2.24) is 0 Å². The summed E-state index contributed by atoms with van der Waals surface area (Å²) in [7, 11) is 0. The minimum absolute atomic E-state index is 0.377. The van der Waals surface area contributed by atoms with Gasteiger partial charge in [0.15, 0.2) is 0 Å². The molecule has 1 unspecified atom stereocenters. The van der Waals surface area contributed by atoms with Gasteiger partial charge in [-0.15, -0.1) is 0 Å². The Hall–Kier alpha value is -6.23. The first-order chi connectivity index (χ1) is 24.9. The zero-order valence-electron chi connectivity index (χ0n) is 29.6. The smallest absolute Gasteiger partial charge is 0.0991 e. The summed E-state index contributed by atoms with van der Waals surface area (Å²) in [6.07, 6.45) is 9.68. The zero-order valence-corrected chi connectivity index (χ0v) is 29.6. The number of nitriles is 1. The van der Waals surface area contributed by atoms with Gasteiger partial charge in [-0.1, -0.05) is 154 Å². The molecule has 1 aliphatic carbocycles. The van der Waals surface area contributed by atoms with Crippen LogP contribution in [0.15, 0.2) is 146 Å². The molecule has 6 aromatic carbocycles. The van der Waals surface area contributed by atoms with Crippen LogP contribution in [0.4, 0.5) is 0 Å². The summed E-state index contributed by atoms with van der Waals surface area (Å²) in [6, 6.07) is 47.2. The van der Waals surface area contributed by atoms with Crippen molar-refractivity contribution in [2.24, 2.45) is 0 Å². The molecule has 1 heteroatoms. The van der Waals surface area contributed by atoms with Crippen molar-refractivity contribution in [3.63, 3.8) is 0 Å². The summed E-state index contributed by atoms with van der Waals surface area (Å²) >= 11 is 0. The Balaban J connectivity index is 1.20. The van der Waals surface area contributed by atoms with E-state index in [1.54, 1.807) is 0 Å². The Morgan fingerprint density at radius 3 is 2.27 bits per heavy atom. The predicted octanol–water partition coefficient (Wildman–Crippen LogP) is 11.7. The van der Waals surface area contributed by atoms with Crippen LogP contribution in [-0.4, -0.2) is 0 Å². The van der Waals surface area contributed by atoms with Gasteiger partial charge in [0.05, 0.1) is 11.6 Å². The maximum atomic E-state index is 9.38. The summed E-state index contributed by atoms with van der Waals surface area (Å²) in [5, 5.41) is 11.5. The van der Waals surface area contributed by atoms with Crippen LogP contribution in [0.5, 0.6) is 0 Å². The highest BCUT2D eigenvalue weighted by Crippen LogP contribution is 2.51. The highest BCUT2D eigenvalue weighted by atomic mass is 14.3. The Kier molecular flexibility index (Phi) is 9.34. The van der Waals surface area contributed by atoms with Crippen LogP contribution < -0.4 is 10.4 Å². The molecule has 6 aromatic rings. The van der Waals surface area contributed by atoms with Crippen LogP contribution >= 0.6 is 0 Å². The molecule has 1 atom stereocenters. The first-order valence-corrected chi connectivity index (χ1v) is 17.6. The van der Waals surface area contributed by atoms with Crippen molar-refractivity contribution in [2.75, 3.05) is 0 Å². The summed E-state index contributed by atoms with van der Waals surface area (Å²) in [5.41, 5.74) is 17.6. The van der Waals surface area contributed by atoms with Crippen molar-refractivity contribution in [3.05, 3.63) is 196 Å². The van der Waals surface area contributed by atoms with E-state index in [0.29, 0.717) is 11.5 Å². The van der Waals surface area contributed by atoms with Gasteiger partial charge >= 0.3 is 0 Å². The number of hydrogen-bond donors (Lipinski definition) is 0. The maximum Gasteiger partial charge on any atom is 0.0991 e. The van der Waals surface area contributed by atoms with Crippen LogP contribution in [0.2, 0.25) is 0 Å². The fourth-order valence-electron chi connectivity index (χ4n) is 7.32. The minimum atomic E-state index is 0.377. The van der Waals surface area contributed by atoms with E-state index in [0.717, 1.165) is 44.7 Å². The number of fused-ring (bicyclic) bond motifs is 3. The maximum absolute atomic E-state index is 9.38. The number of nitrogens with zero attached hydrogens (tertiary/aromatic N) is 1. The van der Waals surface area contributed by atoms with E-state index in [1.807, 2.05) is 36.4 Å². The van der Waals surface area contributed by atoms with E-state index in [4.69, 9.17) is 0 Å². The molecule has 0 aromatic heterocycles. The third-order valence-electron chi connectivity index (χ3n) is 10.4. The molecule has 0 fully saturated rings. The van der Waals surface area contributed by atoms with Crippen LogP contribution in [-0.2, 0) is 0 Å². The van der Waals surface area contributed by atoms with Gasteiger partial charge in [-0.3, -0.25) is 0 Å². The third-order valence-corrected chi connectivity index (χ3v) is 10.4. The molecular formula is C50H41N. The lowest BCUT2D eigenvalue weighted by Crippen LogP contribution is -2.26. The number of rotatable bonds is 8. The minimum Gasteiger partial charge on any atom is -0.192 e. The Morgan fingerprint density at radius 2 is 1.51 bits per heavy atom. The van der Waals surface area contributed by atoms with Gasteiger partial charge in [0, 0.05) is 5.92 Å². The van der Waals surface area contributed by atoms with E-state index >= 15 is 0 Å². The molecule has 7 rings (SSSR count). The van der Waals surface area contributed by atoms with Crippen LogP contribution in [0, 0.1) is 18.3 Å². The van der Waals surface area contributed by atoms with E-state index < -0.39 is 0 Å². The molecule has 0 amide bonds. The number of hydrogen-bond acceptors (Lipinski definition) is 1. The van der Waals surface area contributed by atoms with Gasteiger partial charge in [0.25, 0.3) is 0 Å². The highest BCUT2D eigenvalue weighted by molar-refractivity contribution is 5.93. The molecule has 0 saturated carbocycles. The highest BCUT2D eigenvalue weighted by Gasteiger charge is 2.30. The normalized spacial score (nSPS) is 14.0. The largest absolute Gasteiger partial charge is 0.192 e. The lowest BCUT2D eigenvalue weighted by atomic mass is 9.91. The third kappa shape index (κ3) is 6.58. The van der Waals surface area contributed by atoms with Gasteiger partial charge in [0.1, 0.15) is 0 Å². The second-order valence-corrected chi connectivity index (χ2v) is 13.4. The molecule has 1 aliphatic rings. The molecule has 246 valence electrons. The van der Waals surface area contributed by atoms with Crippen molar-refractivity contribution < 1.29 is 0 Å². The summed E-state index contributed by atoms with van der Waals surface area (Å²) in [5.74, 6) is 0.377. The van der Waals surface area contributed by atoms with E-state index in [-0.39, 0.29) is 0 Å². The number of benzene rings is 6. The quantitative estimate of drug-likeness (QED) is 0.150. The lowest BCUT2D eigenvalue weighted by Gasteiger charge is -2.13. The van der Waals surface area contributed by atoms with Crippen molar-refractivity contribution in [1.29, 1.82) is 5.26 Å². The predicted molar refractivity (Wildman–Crippen MR) is 218 cm³/mol. The second kappa shape index (κ2) is 14.3. The summed E-state index contributed by atoms with van der Waals surface area (Å²) in [6.45, 7) is 15.3. The number of allylic oxidation sites excluding steroid dienone is 4. The Bertz CT molecular complexity index is 2500. The van der Waals surface area contributed by atoms with E-state index in [1.165, 1.54) is 50.1 Å². The summed E-state index contributed by atoms with van der Waals surface area (Å²) in [4.78, 5) is 0. The van der Waals surface area contributed by atoms with Gasteiger partial charge in [0.2, 0.25) is 0 Å². The standard InChI is InChI=1S/C50H41N/c1-6-45-47-29-28-43(34(3)19-21-40-23-22-39(35(4)36(40)5)20-18-33(2)38-13-8-7-9-14-38)31-49(47)50-46(16-11-17-48(45)50)42-26-24-41(25-27-42)44-15-10-12-37(30-44)32-51/h7-31,45H,2,5-6H2,1,3-4H3/b20-18-,34-19+,40-21-. The fraction of sp³-hybridized carbons (Fsp3) is 0.100.